The molecule has 1 unspecified atom stereocenters. The van der Waals surface area contributed by atoms with Crippen molar-refractivity contribution in [2.75, 3.05) is 0 Å². The SMILES string of the molecule is CCC(Oc1ccccc1C)C(=O)NCc1nc(C)c(C)[nH]1. The van der Waals surface area contributed by atoms with E-state index in [1.165, 1.54) is 0 Å². The van der Waals surface area contributed by atoms with Gasteiger partial charge in [0.2, 0.25) is 0 Å². The molecule has 0 saturated heterocycles. The topological polar surface area (TPSA) is 67.0 Å². The Bertz CT molecular complexity index is 630. The lowest BCUT2D eigenvalue weighted by Crippen LogP contribution is -2.37. The highest BCUT2D eigenvalue weighted by Crippen LogP contribution is 2.18. The number of rotatable bonds is 6. The standard InChI is InChI=1S/C17H23N3O2/c1-5-14(22-15-9-7-6-8-11(15)2)17(21)18-10-16-19-12(3)13(4)20-16/h6-9,14H,5,10H2,1-4H3,(H,18,21)(H,19,20). The average Bonchev–Trinajstić information content (AvgIpc) is 2.82. The zero-order valence-corrected chi connectivity index (χ0v) is 13.6. The predicted octanol–water partition coefficient (Wildman–Crippen LogP) is 2.81. The fourth-order valence-corrected chi connectivity index (χ4v) is 2.15. The van der Waals surface area contributed by atoms with Gasteiger partial charge < -0.3 is 15.0 Å². The smallest absolute Gasteiger partial charge is 0.261 e. The number of nitrogens with zero attached hydrogens (tertiary/aromatic N) is 1. The summed E-state index contributed by atoms with van der Waals surface area (Å²) in [5, 5.41) is 2.87. The number of aromatic amines is 1. The van der Waals surface area contributed by atoms with E-state index in [-0.39, 0.29) is 5.91 Å². The van der Waals surface area contributed by atoms with E-state index >= 15 is 0 Å². The van der Waals surface area contributed by atoms with Crippen molar-refractivity contribution >= 4 is 5.91 Å². The van der Waals surface area contributed by atoms with Crippen molar-refractivity contribution in [2.45, 2.75) is 46.8 Å². The Morgan fingerprint density at radius 3 is 2.64 bits per heavy atom. The minimum Gasteiger partial charge on any atom is -0.480 e. The maximum atomic E-state index is 12.3. The van der Waals surface area contributed by atoms with Crippen LogP contribution in [0.1, 0.15) is 36.1 Å². The van der Waals surface area contributed by atoms with E-state index < -0.39 is 6.10 Å². The van der Waals surface area contributed by atoms with Crippen LogP contribution in [0.25, 0.3) is 0 Å². The molecule has 0 bridgehead atoms. The highest BCUT2D eigenvalue weighted by Gasteiger charge is 2.19. The van der Waals surface area contributed by atoms with Crippen molar-refractivity contribution in [3.63, 3.8) is 0 Å². The fourth-order valence-electron chi connectivity index (χ4n) is 2.15. The number of H-pyrrole nitrogens is 1. The summed E-state index contributed by atoms with van der Waals surface area (Å²) in [6, 6.07) is 7.70. The summed E-state index contributed by atoms with van der Waals surface area (Å²) in [4.78, 5) is 19.8. The second-order valence-corrected chi connectivity index (χ2v) is 5.39. The van der Waals surface area contributed by atoms with Gasteiger partial charge in [-0.2, -0.15) is 0 Å². The number of hydrogen-bond acceptors (Lipinski definition) is 3. The third-order valence-corrected chi connectivity index (χ3v) is 3.63. The zero-order chi connectivity index (χ0) is 16.1. The number of benzene rings is 1. The average molecular weight is 301 g/mol. The molecule has 0 radical (unpaired) electrons. The van der Waals surface area contributed by atoms with Crippen molar-refractivity contribution in [3.05, 3.63) is 47.0 Å². The summed E-state index contributed by atoms with van der Waals surface area (Å²) in [6.45, 7) is 8.18. The van der Waals surface area contributed by atoms with Crippen LogP contribution in [0.2, 0.25) is 0 Å². The zero-order valence-electron chi connectivity index (χ0n) is 13.6. The number of aryl methyl sites for hydroxylation is 3. The van der Waals surface area contributed by atoms with Gasteiger partial charge in [-0.05, 0) is 38.8 Å². The van der Waals surface area contributed by atoms with Crippen LogP contribution < -0.4 is 10.1 Å². The molecular weight excluding hydrogens is 278 g/mol. The Morgan fingerprint density at radius 1 is 1.32 bits per heavy atom. The van der Waals surface area contributed by atoms with Gasteiger partial charge in [0.25, 0.3) is 5.91 Å². The Hall–Kier alpha value is -2.30. The molecule has 2 N–H and O–H groups in total. The highest BCUT2D eigenvalue weighted by molar-refractivity contribution is 5.81. The molecule has 0 fully saturated rings. The normalized spacial score (nSPS) is 12.0. The first kappa shape index (κ1) is 16.1. The van der Waals surface area contributed by atoms with Gasteiger partial charge >= 0.3 is 0 Å². The Morgan fingerprint density at radius 2 is 2.05 bits per heavy atom. The van der Waals surface area contributed by atoms with E-state index in [9.17, 15) is 4.79 Å². The van der Waals surface area contributed by atoms with Crippen molar-refractivity contribution in [1.29, 1.82) is 0 Å². The van der Waals surface area contributed by atoms with Crippen LogP contribution in [-0.4, -0.2) is 22.0 Å². The minimum absolute atomic E-state index is 0.127. The monoisotopic (exact) mass is 301 g/mol. The van der Waals surface area contributed by atoms with Gasteiger partial charge in [0, 0.05) is 5.69 Å². The molecule has 2 aromatic rings. The van der Waals surface area contributed by atoms with E-state index in [4.69, 9.17) is 4.74 Å². The van der Waals surface area contributed by atoms with E-state index in [1.807, 2.05) is 52.0 Å². The first-order chi connectivity index (χ1) is 10.5. The van der Waals surface area contributed by atoms with Crippen molar-refractivity contribution in [3.8, 4) is 5.75 Å². The largest absolute Gasteiger partial charge is 0.480 e. The molecule has 1 amide bonds. The van der Waals surface area contributed by atoms with Crippen LogP contribution in [0.5, 0.6) is 5.75 Å². The number of ether oxygens (including phenoxy) is 1. The van der Waals surface area contributed by atoms with Gasteiger partial charge in [-0.3, -0.25) is 4.79 Å². The minimum atomic E-state index is -0.502. The Labute approximate surface area is 131 Å². The number of hydrogen-bond donors (Lipinski definition) is 2. The van der Waals surface area contributed by atoms with Gasteiger partial charge in [0.05, 0.1) is 12.2 Å². The number of imidazole rings is 1. The number of carbonyl (C=O) groups excluding carboxylic acids is 1. The van der Waals surface area contributed by atoms with Crippen LogP contribution in [-0.2, 0) is 11.3 Å². The summed E-state index contributed by atoms with van der Waals surface area (Å²) in [6.07, 6.45) is 0.106. The van der Waals surface area contributed by atoms with Crippen LogP contribution in [0, 0.1) is 20.8 Å². The molecule has 2 rings (SSSR count). The van der Waals surface area contributed by atoms with Crippen LogP contribution in [0.15, 0.2) is 24.3 Å². The van der Waals surface area contributed by atoms with Crippen LogP contribution >= 0.6 is 0 Å². The van der Waals surface area contributed by atoms with Gasteiger partial charge in [-0.15, -0.1) is 0 Å². The first-order valence-corrected chi connectivity index (χ1v) is 7.53. The third kappa shape index (κ3) is 3.87. The quantitative estimate of drug-likeness (QED) is 0.862. The molecule has 1 aromatic carbocycles. The van der Waals surface area contributed by atoms with Crippen LogP contribution in [0.3, 0.4) is 0 Å². The van der Waals surface area contributed by atoms with Crippen molar-refractivity contribution in [1.82, 2.24) is 15.3 Å². The van der Waals surface area contributed by atoms with Gasteiger partial charge in [0.1, 0.15) is 11.6 Å². The molecule has 0 spiro atoms. The van der Waals surface area contributed by atoms with Crippen molar-refractivity contribution in [2.24, 2.45) is 0 Å². The van der Waals surface area contributed by atoms with Gasteiger partial charge in [-0.25, -0.2) is 4.98 Å². The van der Waals surface area contributed by atoms with E-state index in [1.54, 1.807) is 0 Å². The molecule has 1 atom stereocenters. The maximum absolute atomic E-state index is 12.3. The van der Waals surface area contributed by atoms with Gasteiger partial charge in [0.15, 0.2) is 6.10 Å². The molecule has 0 aliphatic carbocycles. The lowest BCUT2D eigenvalue weighted by molar-refractivity contribution is -0.128. The Kier molecular flexibility index (Phi) is 5.20. The summed E-state index contributed by atoms with van der Waals surface area (Å²) in [5.74, 6) is 1.38. The molecule has 0 aliphatic heterocycles. The Balaban J connectivity index is 1.95. The molecule has 1 heterocycles. The first-order valence-electron chi connectivity index (χ1n) is 7.53. The molecule has 0 aliphatic rings. The maximum Gasteiger partial charge on any atom is 0.261 e. The molecule has 22 heavy (non-hydrogen) atoms. The second-order valence-electron chi connectivity index (χ2n) is 5.39. The molecule has 0 saturated carbocycles. The van der Waals surface area contributed by atoms with Crippen LogP contribution in [0.4, 0.5) is 0 Å². The summed E-state index contributed by atoms with van der Waals surface area (Å²) in [5.41, 5.74) is 2.99. The number of aromatic nitrogens is 2. The summed E-state index contributed by atoms with van der Waals surface area (Å²) < 4.78 is 5.83. The molecule has 118 valence electrons. The van der Waals surface area contributed by atoms with Gasteiger partial charge in [-0.1, -0.05) is 25.1 Å². The molecular formula is C17H23N3O2. The number of amides is 1. The molecule has 1 aromatic heterocycles. The second kappa shape index (κ2) is 7.11. The predicted molar refractivity (Wildman–Crippen MR) is 85.8 cm³/mol. The van der Waals surface area contributed by atoms with E-state index in [2.05, 4.69) is 15.3 Å². The molecule has 5 nitrogen and oxygen atoms in total. The number of para-hydroxylation sites is 1. The van der Waals surface area contributed by atoms with E-state index in [0.29, 0.717) is 13.0 Å². The van der Waals surface area contributed by atoms with Crippen molar-refractivity contribution < 1.29 is 9.53 Å². The number of nitrogens with one attached hydrogen (secondary N) is 2. The lowest BCUT2D eigenvalue weighted by Gasteiger charge is -2.18. The van der Waals surface area contributed by atoms with E-state index in [0.717, 1.165) is 28.5 Å². The summed E-state index contributed by atoms with van der Waals surface area (Å²) >= 11 is 0. The third-order valence-electron chi connectivity index (χ3n) is 3.63. The summed E-state index contributed by atoms with van der Waals surface area (Å²) in [7, 11) is 0. The molecule has 5 heteroatoms. The fraction of sp³-hybridized carbons (Fsp3) is 0.412. The number of carbonyl (C=O) groups is 1. The lowest BCUT2D eigenvalue weighted by atomic mass is 10.2. The highest BCUT2D eigenvalue weighted by atomic mass is 16.5.